The van der Waals surface area contributed by atoms with Crippen LogP contribution in [0.25, 0.3) is 10.2 Å². The topological polar surface area (TPSA) is 99.7 Å². The number of nitrogens with two attached hydrogens (primary N) is 1. The molecule has 7 heteroatoms. The minimum atomic E-state index is -1.05. The molecule has 0 aliphatic carbocycles. The van der Waals surface area contributed by atoms with Gasteiger partial charge in [0.05, 0.1) is 22.4 Å². The van der Waals surface area contributed by atoms with E-state index in [1.54, 1.807) is 4.90 Å². The quantitative estimate of drug-likeness (QED) is 0.770. The van der Waals surface area contributed by atoms with Gasteiger partial charge in [0.25, 0.3) is 5.91 Å². The third-order valence-electron chi connectivity index (χ3n) is 4.22. The number of aryl methyl sites for hydroxylation is 1. The summed E-state index contributed by atoms with van der Waals surface area (Å²) in [7, 11) is 0. The molecule has 1 amide bonds. The van der Waals surface area contributed by atoms with Crippen molar-refractivity contribution in [3.05, 3.63) is 23.3 Å². The fourth-order valence-corrected chi connectivity index (χ4v) is 3.66. The SMILES string of the molecule is Cc1cc(C(=O)N2CCC(O)(CO)CC2)cc2sc(N)nc12. The molecule has 2 heterocycles. The van der Waals surface area contributed by atoms with Gasteiger partial charge in [0.1, 0.15) is 0 Å². The normalized spacial score (nSPS) is 17.9. The molecule has 1 aromatic carbocycles. The maximum atomic E-state index is 12.6. The van der Waals surface area contributed by atoms with Gasteiger partial charge < -0.3 is 20.8 Å². The molecule has 1 aromatic heterocycles. The highest BCUT2D eigenvalue weighted by atomic mass is 32.1. The van der Waals surface area contributed by atoms with E-state index in [9.17, 15) is 15.0 Å². The number of hydrogen-bond acceptors (Lipinski definition) is 6. The first-order valence-corrected chi connectivity index (χ1v) is 8.03. The van der Waals surface area contributed by atoms with E-state index in [0.717, 1.165) is 15.8 Å². The van der Waals surface area contributed by atoms with Crippen molar-refractivity contribution in [2.24, 2.45) is 0 Å². The molecule has 1 aliphatic rings. The lowest BCUT2D eigenvalue weighted by molar-refractivity contribution is -0.0546. The lowest BCUT2D eigenvalue weighted by atomic mass is 9.92. The van der Waals surface area contributed by atoms with Crippen LogP contribution in [0.1, 0.15) is 28.8 Å². The van der Waals surface area contributed by atoms with Crippen LogP contribution in [-0.4, -0.2) is 51.3 Å². The van der Waals surface area contributed by atoms with Gasteiger partial charge in [-0.15, -0.1) is 0 Å². The summed E-state index contributed by atoms with van der Waals surface area (Å²) in [5.74, 6) is -0.0584. The molecule has 1 aliphatic heterocycles. The number of aliphatic hydroxyl groups is 2. The van der Waals surface area contributed by atoms with E-state index in [1.807, 2.05) is 19.1 Å². The standard InChI is InChI=1S/C15H19N3O3S/c1-9-6-10(7-11-12(9)17-14(16)22-11)13(20)18-4-2-15(21,8-19)3-5-18/h6-7,19,21H,2-5,8H2,1H3,(H2,16,17). The number of benzene rings is 1. The average molecular weight is 321 g/mol. The average Bonchev–Trinajstić information content (AvgIpc) is 2.88. The summed E-state index contributed by atoms with van der Waals surface area (Å²) in [5, 5.41) is 19.7. The van der Waals surface area contributed by atoms with Crippen molar-refractivity contribution >= 4 is 32.6 Å². The Bertz CT molecular complexity index is 720. The third kappa shape index (κ3) is 2.67. The zero-order chi connectivity index (χ0) is 15.9. The molecule has 0 radical (unpaired) electrons. The van der Waals surface area contributed by atoms with Gasteiger partial charge in [0, 0.05) is 18.7 Å². The van der Waals surface area contributed by atoms with E-state index in [4.69, 9.17) is 5.73 Å². The Kier molecular flexibility index (Phi) is 3.80. The molecule has 118 valence electrons. The van der Waals surface area contributed by atoms with E-state index in [1.165, 1.54) is 11.3 Å². The lowest BCUT2D eigenvalue weighted by Crippen LogP contribution is -2.48. The largest absolute Gasteiger partial charge is 0.393 e. The van der Waals surface area contributed by atoms with Crippen LogP contribution < -0.4 is 5.73 Å². The number of aromatic nitrogens is 1. The second-order valence-corrected chi connectivity index (χ2v) is 6.93. The zero-order valence-corrected chi connectivity index (χ0v) is 13.2. The highest BCUT2D eigenvalue weighted by molar-refractivity contribution is 7.22. The fraction of sp³-hybridized carbons (Fsp3) is 0.467. The molecule has 6 nitrogen and oxygen atoms in total. The predicted octanol–water partition coefficient (Wildman–Crippen LogP) is 1.15. The predicted molar refractivity (Wildman–Crippen MR) is 85.9 cm³/mol. The highest BCUT2D eigenvalue weighted by Crippen LogP contribution is 2.29. The summed E-state index contributed by atoms with van der Waals surface area (Å²) >= 11 is 1.37. The first kappa shape index (κ1) is 15.2. The van der Waals surface area contributed by atoms with Crippen LogP contribution >= 0.6 is 11.3 Å². The highest BCUT2D eigenvalue weighted by Gasteiger charge is 2.33. The smallest absolute Gasteiger partial charge is 0.253 e. The van der Waals surface area contributed by atoms with Crippen LogP contribution in [0.2, 0.25) is 0 Å². The molecule has 4 N–H and O–H groups in total. The molecule has 2 aromatic rings. The van der Waals surface area contributed by atoms with Gasteiger partial charge in [0.2, 0.25) is 0 Å². The maximum Gasteiger partial charge on any atom is 0.253 e. The van der Waals surface area contributed by atoms with Crippen molar-refractivity contribution in [2.75, 3.05) is 25.4 Å². The van der Waals surface area contributed by atoms with Crippen molar-refractivity contribution in [1.82, 2.24) is 9.88 Å². The molecule has 0 atom stereocenters. The second-order valence-electron chi connectivity index (χ2n) is 5.87. The summed E-state index contributed by atoms with van der Waals surface area (Å²) in [5.41, 5.74) is 7.06. The summed E-state index contributed by atoms with van der Waals surface area (Å²) in [6.07, 6.45) is 0.786. The minimum absolute atomic E-state index is 0.0584. The number of hydrogen-bond donors (Lipinski definition) is 3. The fourth-order valence-electron chi connectivity index (χ4n) is 2.80. The number of fused-ring (bicyclic) bond motifs is 1. The molecule has 0 bridgehead atoms. The van der Waals surface area contributed by atoms with Gasteiger partial charge >= 0.3 is 0 Å². The number of aliphatic hydroxyl groups excluding tert-OH is 1. The van der Waals surface area contributed by atoms with Crippen LogP contribution in [0.15, 0.2) is 12.1 Å². The molecular formula is C15H19N3O3S. The van der Waals surface area contributed by atoms with E-state index >= 15 is 0 Å². The summed E-state index contributed by atoms with van der Waals surface area (Å²) in [6.45, 7) is 2.54. The van der Waals surface area contributed by atoms with Crippen molar-refractivity contribution in [1.29, 1.82) is 0 Å². The molecular weight excluding hydrogens is 302 g/mol. The van der Waals surface area contributed by atoms with Crippen LogP contribution in [0.3, 0.4) is 0 Å². The summed E-state index contributed by atoms with van der Waals surface area (Å²) in [6, 6.07) is 3.65. The number of nitrogens with zero attached hydrogens (tertiary/aromatic N) is 2. The lowest BCUT2D eigenvalue weighted by Gasteiger charge is -2.37. The van der Waals surface area contributed by atoms with E-state index in [-0.39, 0.29) is 12.5 Å². The Morgan fingerprint density at radius 1 is 1.45 bits per heavy atom. The number of amides is 1. The van der Waals surface area contributed by atoms with Gasteiger partial charge in [-0.3, -0.25) is 4.79 Å². The first-order chi connectivity index (χ1) is 10.4. The Hall–Kier alpha value is -1.70. The molecule has 22 heavy (non-hydrogen) atoms. The van der Waals surface area contributed by atoms with Gasteiger partial charge in [0.15, 0.2) is 5.13 Å². The van der Waals surface area contributed by atoms with Crippen molar-refractivity contribution < 1.29 is 15.0 Å². The number of likely N-dealkylation sites (tertiary alicyclic amines) is 1. The Morgan fingerprint density at radius 2 is 2.14 bits per heavy atom. The Morgan fingerprint density at radius 3 is 2.77 bits per heavy atom. The number of thiazole rings is 1. The van der Waals surface area contributed by atoms with Gasteiger partial charge in [-0.05, 0) is 37.5 Å². The van der Waals surface area contributed by atoms with Crippen LogP contribution in [0, 0.1) is 6.92 Å². The summed E-state index contributed by atoms with van der Waals surface area (Å²) in [4.78, 5) is 18.6. The number of piperidine rings is 1. The van der Waals surface area contributed by atoms with E-state index in [2.05, 4.69) is 4.98 Å². The zero-order valence-electron chi connectivity index (χ0n) is 12.4. The molecule has 1 saturated heterocycles. The van der Waals surface area contributed by atoms with E-state index in [0.29, 0.717) is 36.6 Å². The van der Waals surface area contributed by atoms with Crippen molar-refractivity contribution in [3.8, 4) is 0 Å². The van der Waals surface area contributed by atoms with Crippen molar-refractivity contribution in [3.63, 3.8) is 0 Å². The Labute approximate surface area is 132 Å². The second kappa shape index (κ2) is 5.49. The molecule has 0 saturated carbocycles. The summed E-state index contributed by atoms with van der Waals surface area (Å²) < 4.78 is 0.907. The number of rotatable bonds is 2. The number of anilines is 1. The molecule has 0 unspecified atom stereocenters. The molecule has 3 rings (SSSR count). The molecule has 0 spiro atoms. The van der Waals surface area contributed by atoms with E-state index < -0.39 is 5.60 Å². The molecule has 1 fully saturated rings. The van der Waals surface area contributed by atoms with Crippen molar-refractivity contribution in [2.45, 2.75) is 25.4 Å². The third-order valence-corrected chi connectivity index (χ3v) is 5.06. The number of nitrogen functional groups attached to an aromatic ring is 1. The number of carbonyl (C=O) groups is 1. The maximum absolute atomic E-state index is 12.6. The van der Waals surface area contributed by atoms with Gasteiger partial charge in [-0.2, -0.15) is 0 Å². The number of carbonyl (C=O) groups excluding carboxylic acids is 1. The first-order valence-electron chi connectivity index (χ1n) is 7.21. The van der Waals surface area contributed by atoms with Crippen LogP contribution in [0.5, 0.6) is 0 Å². The van der Waals surface area contributed by atoms with Crippen LogP contribution in [-0.2, 0) is 0 Å². The Balaban J connectivity index is 1.84. The minimum Gasteiger partial charge on any atom is -0.393 e. The van der Waals surface area contributed by atoms with Crippen LogP contribution in [0.4, 0.5) is 5.13 Å². The van der Waals surface area contributed by atoms with Gasteiger partial charge in [-0.25, -0.2) is 4.98 Å². The monoisotopic (exact) mass is 321 g/mol. The van der Waals surface area contributed by atoms with Gasteiger partial charge in [-0.1, -0.05) is 11.3 Å².